The van der Waals surface area contributed by atoms with Gasteiger partial charge < -0.3 is 0 Å². The van der Waals surface area contributed by atoms with Gasteiger partial charge in [-0.2, -0.15) is 0 Å². The van der Waals surface area contributed by atoms with Gasteiger partial charge in [-0.05, 0) is 105 Å². The van der Waals surface area contributed by atoms with Crippen molar-refractivity contribution in [3.63, 3.8) is 0 Å². The smallest absolute Gasteiger partial charge is 0.00139 e. The number of hydrogen-bond acceptors (Lipinski definition) is 0. The van der Waals surface area contributed by atoms with Gasteiger partial charge in [-0.25, -0.2) is 0 Å². The van der Waals surface area contributed by atoms with Gasteiger partial charge >= 0.3 is 0 Å². The Bertz CT molecular complexity index is 2550. The van der Waals surface area contributed by atoms with Gasteiger partial charge in [0.15, 0.2) is 0 Å². The van der Waals surface area contributed by atoms with Gasteiger partial charge in [0.05, 0.1) is 0 Å². The molecule has 0 aromatic heterocycles. The van der Waals surface area contributed by atoms with E-state index < -0.39 is 0 Å². The van der Waals surface area contributed by atoms with E-state index in [4.69, 9.17) is 0 Å². The molecule has 0 aliphatic heterocycles. The highest BCUT2D eigenvalue weighted by atomic mass is 14.2. The van der Waals surface area contributed by atoms with Crippen molar-refractivity contribution in [2.45, 2.75) is 0 Å². The van der Waals surface area contributed by atoms with Crippen LogP contribution >= 0.6 is 0 Å². The predicted octanol–water partition coefficient (Wildman–Crippen LogP) is 12.5. The van der Waals surface area contributed by atoms with Crippen molar-refractivity contribution in [3.05, 3.63) is 170 Å². The minimum absolute atomic E-state index is 1.23. The molecule has 0 aliphatic carbocycles. The number of fused-ring (bicyclic) bond motifs is 5. The van der Waals surface area contributed by atoms with Crippen LogP contribution < -0.4 is 0 Å². The van der Waals surface area contributed by atoms with Crippen LogP contribution in [-0.2, 0) is 0 Å². The Hall–Kier alpha value is -5.72. The first-order valence-electron chi connectivity index (χ1n) is 15.3. The molecule has 0 amide bonds. The van der Waals surface area contributed by atoms with Crippen molar-refractivity contribution in [1.29, 1.82) is 0 Å². The molecule has 0 unspecified atom stereocenters. The summed E-state index contributed by atoms with van der Waals surface area (Å²) in [5.41, 5.74) is 7.53. The normalized spacial score (nSPS) is 11.6. The van der Waals surface area contributed by atoms with Gasteiger partial charge in [0.1, 0.15) is 0 Å². The van der Waals surface area contributed by atoms with E-state index in [1.165, 1.54) is 87.2 Å². The van der Waals surface area contributed by atoms with Crippen molar-refractivity contribution in [1.82, 2.24) is 0 Å². The molecule has 0 saturated heterocycles. The molecule has 0 N–H and O–H groups in total. The van der Waals surface area contributed by atoms with Crippen LogP contribution in [0, 0.1) is 0 Å². The Kier molecular flexibility index (Phi) is 5.61. The molecule has 0 nitrogen and oxygen atoms in total. The number of rotatable bonds is 3. The van der Waals surface area contributed by atoms with Gasteiger partial charge in [0.25, 0.3) is 0 Å². The predicted molar refractivity (Wildman–Crippen MR) is 190 cm³/mol. The van der Waals surface area contributed by atoms with Crippen LogP contribution in [-0.4, -0.2) is 0 Å². The van der Waals surface area contributed by atoms with E-state index >= 15 is 0 Å². The molecule has 0 fully saturated rings. The van der Waals surface area contributed by atoms with Crippen LogP contribution in [0.5, 0.6) is 0 Å². The van der Waals surface area contributed by atoms with E-state index in [9.17, 15) is 0 Å². The molecule has 44 heavy (non-hydrogen) atoms. The molecule has 204 valence electrons. The summed E-state index contributed by atoms with van der Waals surface area (Å²) >= 11 is 0. The van der Waals surface area contributed by atoms with Crippen molar-refractivity contribution in [3.8, 4) is 33.4 Å². The monoisotopic (exact) mass is 556 g/mol. The topological polar surface area (TPSA) is 0 Å². The molecule has 0 heterocycles. The zero-order valence-electron chi connectivity index (χ0n) is 24.2. The molecule has 0 spiro atoms. The quantitative estimate of drug-likeness (QED) is 0.190. The lowest BCUT2D eigenvalue weighted by atomic mass is 9.83. The maximum Gasteiger partial charge on any atom is -0.00139 e. The second kappa shape index (κ2) is 9.93. The molecule has 0 aliphatic rings. The minimum atomic E-state index is 1.23. The maximum absolute atomic E-state index is 2.41. The molecular weight excluding hydrogens is 528 g/mol. The van der Waals surface area contributed by atoms with Gasteiger partial charge in [-0.1, -0.05) is 152 Å². The summed E-state index contributed by atoms with van der Waals surface area (Å²) < 4.78 is 0. The van der Waals surface area contributed by atoms with E-state index in [-0.39, 0.29) is 0 Å². The first-order valence-corrected chi connectivity index (χ1v) is 15.3. The highest BCUT2D eigenvalue weighted by Gasteiger charge is 2.19. The summed E-state index contributed by atoms with van der Waals surface area (Å²) in [6.07, 6.45) is 0. The minimum Gasteiger partial charge on any atom is -0.0616 e. The van der Waals surface area contributed by atoms with E-state index in [0.29, 0.717) is 0 Å². The molecule has 9 aromatic carbocycles. The van der Waals surface area contributed by atoms with Crippen LogP contribution in [0.3, 0.4) is 0 Å². The van der Waals surface area contributed by atoms with Crippen LogP contribution in [0.15, 0.2) is 170 Å². The Morgan fingerprint density at radius 1 is 0.250 bits per heavy atom. The summed E-state index contributed by atoms with van der Waals surface area (Å²) in [6.45, 7) is 0. The average Bonchev–Trinajstić information content (AvgIpc) is 3.09. The van der Waals surface area contributed by atoms with Gasteiger partial charge in [-0.3, -0.25) is 0 Å². The third-order valence-corrected chi connectivity index (χ3v) is 9.21. The van der Waals surface area contributed by atoms with Gasteiger partial charge in [-0.15, -0.1) is 0 Å². The van der Waals surface area contributed by atoms with E-state index in [1.54, 1.807) is 0 Å². The highest BCUT2D eigenvalue weighted by Crippen LogP contribution is 2.47. The molecule has 0 saturated carbocycles. The van der Waals surface area contributed by atoms with Gasteiger partial charge in [0, 0.05) is 0 Å². The second-order valence-corrected chi connectivity index (χ2v) is 11.7. The Morgan fingerprint density at radius 3 is 1.48 bits per heavy atom. The van der Waals surface area contributed by atoms with Crippen molar-refractivity contribution < 1.29 is 0 Å². The number of hydrogen-bond donors (Lipinski definition) is 0. The third-order valence-electron chi connectivity index (χ3n) is 9.21. The second-order valence-electron chi connectivity index (χ2n) is 11.7. The Balaban J connectivity index is 1.46. The lowest BCUT2D eigenvalue weighted by molar-refractivity contribution is 1.65. The van der Waals surface area contributed by atoms with Crippen molar-refractivity contribution in [2.75, 3.05) is 0 Å². The highest BCUT2D eigenvalue weighted by molar-refractivity contribution is 6.23. The SMILES string of the molecule is c1ccc2cc(-c3ccc(-c4ccc5ccccc5c4)c4c(-c5cccc6ccccc56)c5ccccc5cc34)ccc2c1. The summed E-state index contributed by atoms with van der Waals surface area (Å²) in [4.78, 5) is 0. The van der Waals surface area contributed by atoms with E-state index in [1.807, 2.05) is 0 Å². The van der Waals surface area contributed by atoms with Crippen LogP contribution in [0.1, 0.15) is 0 Å². The zero-order chi connectivity index (χ0) is 29.0. The van der Waals surface area contributed by atoms with E-state index in [0.717, 1.165) is 0 Å². The Morgan fingerprint density at radius 2 is 0.773 bits per heavy atom. The zero-order valence-corrected chi connectivity index (χ0v) is 24.2. The number of benzene rings is 9. The van der Waals surface area contributed by atoms with E-state index in [2.05, 4.69) is 170 Å². The van der Waals surface area contributed by atoms with Crippen molar-refractivity contribution >= 4 is 53.9 Å². The summed E-state index contributed by atoms with van der Waals surface area (Å²) in [7, 11) is 0. The standard InChI is InChI=1S/C44H28/c1-3-13-32-26-35(22-20-29(32)10-1)38-24-25-40(36-23-21-30-11-2-4-14-33(30)27-36)44-42(38)28-34-15-6-8-18-39(34)43(44)41-19-9-16-31-12-5-7-17-37(31)41/h1-28H. The lowest BCUT2D eigenvalue weighted by Crippen LogP contribution is -1.93. The molecule has 9 aromatic rings. The molecule has 0 heteroatoms. The maximum atomic E-state index is 2.41. The molecule has 9 rings (SSSR count). The first-order chi connectivity index (χ1) is 21.8. The fourth-order valence-corrected chi connectivity index (χ4v) is 7.11. The van der Waals surface area contributed by atoms with Crippen LogP contribution in [0.2, 0.25) is 0 Å². The summed E-state index contributed by atoms with van der Waals surface area (Å²) in [5.74, 6) is 0. The van der Waals surface area contributed by atoms with Gasteiger partial charge in [0.2, 0.25) is 0 Å². The summed E-state index contributed by atoms with van der Waals surface area (Å²) in [5, 5.41) is 12.6. The van der Waals surface area contributed by atoms with Crippen molar-refractivity contribution in [2.24, 2.45) is 0 Å². The average molecular weight is 557 g/mol. The summed E-state index contributed by atoms with van der Waals surface area (Å²) in [6, 6.07) is 62.5. The Labute approximate surface area is 256 Å². The first kappa shape index (κ1) is 24.8. The fourth-order valence-electron chi connectivity index (χ4n) is 7.11. The molecule has 0 atom stereocenters. The fraction of sp³-hybridized carbons (Fsp3) is 0. The lowest BCUT2D eigenvalue weighted by Gasteiger charge is -2.20. The molecule has 0 radical (unpaired) electrons. The molecular formula is C44H28. The third kappa shape index (κ3) is 3.92. The van der Waals surface area contributed by atoms with Crippen LogP contribution in [0.4, 0.5) is 0 Å². The van der Waals surface area contributed by atoms with Crippen LogP contribution in [0.25, 0.3) is 87.2 Å². The largest absolute Gasteiger partial charge is 0.0616 e. The molecule has 0 bridgehead atoms.